The predicted octanol–water partition coefficient (Wildman–Crippen LogP) is 8.68. The van der Waals surface area contributed by atoms with Gasteiger partial charge in [-0.15, -0.1) is 0 Å². The van der Waals surface area contributed by atoms with Crippen molar-refractivity contribution < 1.29 is 0 Å². The Bertz CT molecular complexity index is 1460. The number of para-hydroxylation sites is 1. The van der Waals surface area contributed by atoms with Crippen molar-refractivity contribution in [2.75, 3.05) is 36.2 Å². The van der Waals surface area contributed by atoms with Crippen molar-refractivity contribution in [1.29, 1.82) is 0 Å². The van der Waals surface area contributed by atoms with Crippen LogP contribution in [0.15, 0.2) is 128 Å². The van der Waals surface area contributed by atoms with Gasteiger partial charge < -0.3 is 19.6 Å². The molecular formula is C39H45N5. The Labute approximate surface area is 263 Å². The summed E-state index contributed by atoms with van der Waals surface area (Å²) in [4.78, 5) is 13.9. The van der Waals surface area contributed by atoms with Crippen LogP contribution in [0.1, 0.15) is 49.7 Å². The molecule has 5 nitrogen and oxygen atoms in total. The van der Waals surface area contributed by atoms with E-state index in [1.807, 2.05) is 18.3 Å². The van der Waals surface area contributed by atoms with Gasteiger partial charge in [0.05, 0.1) is 19.0 Å². The molecule has 4 aromatic rings. The molecule has 5 heteroatoms. The highest BCUT2D eigenvalue weighted by atomic mass is 15.3. The SMILES string of the molecule is C1=CN(c2ccccc2)CN1CCCCN1C=CN(c2ccc(CCCCCCc3ccc(-c4ccccn4)cc3)cc2)C1. The monoisotopic (exact) mass is 583 g/mol. The van der Waals surface area contributed by atoms with Gasteiger partial charge in [0.25, 0.3) is 0 Å². The number of benzene rings is 3. The lowest BCUT2D eigenvalue weighted by Crippen LogP contribution is -2.27. The van der Waals surface area contributed by atoms with Crippen LogP contribution in [0.4, 0.5) is 11.4 Å². The first kappa shape index (κ1) is 29.6. The second-order valence-electron chi connectivity index (χ2n) is 12.0. The third-order valence-corrected chi connectivity index (χ3v) is 8.67. The number of rotatable bonds is 15. The van der Waals surface area contributed by atoms with E-state index in [1.54, 1.807) is 0 Å². The molecule has 0 spiro atoms. The summed E-state index contributed by atoms with van der Waals surface area (Å²) in [6, 6.07) is 34.8. The van der Waals surface area contributed by atoms with Gasteiger partial charge in [-0.05, 0) is 86.1 Å². The zero-order valence-electron chi connectivity index (χ0n) is 25.8. The molecule has 0 unspecified atom stereocenters. The molecule has 3 aromatic carbocycles. The molecule has 0 saturated carbocycles. The summed E-state index contributed by atoms with van der Waals surface area (Å²) in [5, 5.41) is 0. The van der Waals surface area contributed by atoms with Gasteiger partial charge in [-0.3, -0.25) is 4.98 Å². The summed E-state index contributed by atoms with van der Waals surface area (Å²) in [5.41, 5.74) is 7.64. The number of anilines is 2. The van der Waals surface area contributed by atoms with Gasteiger partial charge in [0.15, 0.2) is 0 Å². The van der Waals surface area contributed by atoms with E-state index >= 15 is 0 Å². The molecule has 0 radical (unpaired) electrons. The van der Waals surface area contributed by atoms with E-state index in [0.29, 0.717) is 0 Å². The fourth-order valence-electron chi connectivity index (χ4n) is 6.05. The van der Waals surface area contributed by atoms with E-state index in [2.05, 4.69) is 134 Å². The van der Waals surface area contributed by atoms with E-state index in [4.69, 9.17) is 0 Å². The minimum absolute atomic E-state index is 0.941. The lowest BCUT2D eigenvalue weighted by molar-refractivity contribution is 0.354. The number of hydrogen-bond donors (Lipinski definition) is 0. The highest BCUT2D eigenvalue weighted by Gasteiger charge is 2.15. The molecule has 0 atom stereocenters. The molecule has 0 amide bonds. The van der Waals surface area contributed by atoms with Crippen molar-refractivity contribution in [3.8, 4) is 11.3 Å². The number of aromatic nitrogens is 1. The summed E-state index contributed by atoms with van der Waals surface area (Å²) in [6.07, 6.45) is 20.5. The van der Waals surface area contributed by atoms with Crippen LogP contribution in [0.3, 0.4) is 0 Å². The summed E-state index contributed by atoms with van der Waals surface area (Å²) in [7, 11) is 0. The van der Waals surface area contributed by atoms with Gasteiger partial charge in [-0.2, -0.15) is 0 Å². The quantitative estimate of drug-likeness (QED) is 0.130. The Morgan fingerprint density at radius 1 is 0.477 bits per heavy atom. The normalized spacial score (nSPS) is 14.3. The van der Waals surface area contributed by atoms with Crippen LogP contribution in [-0.2, 0) is 12.8 Å². The first-order valence-corrected chi connectivity index (χ1v) is 16.3. The fraction of sp³-hybridized carbons (Fsp3) is 0.308. The maximum atomic E-state index is 4.45. The molecule has 6 rings (SSSR count). The average molecular weight is 584 g/mol. The summed E-state index contributed by atoms with van der Waals surface area (Å²) < 4.78 is 0. The zero-order chi connectivity index (χ0) is 29.8. The van der Waals surface area contributed by atoms with Crippen LogP contribution in [0.5, 0.6) is 0 Å². The minimum atomic E-state index is 0.941. The van der Waals surface area contributed by atoms with Crippen LogP contribution < -0.4 is 9.80 Å². The summed E-state index contributed by atoms with van der Waals surface area (Å²) in [5.74, 6) is 0. The van der Waals surface area contributed by atoms with Gasteiger partial charge in [-0.1, -0.05) is 73.5 Å². The molecular weight excluding hydrogens is 538 g/mol. The predicted molar refractivity (Wildman–Crippen MR) is 184 cm³/mol. The van der Waals surface area contributed by atoms with Crippen LogP contribution >= 0.6 is 0 Å². The first-order valence-electron chi connectivity index (χ1n) is 16.3. The number of unbranched alkanes of at least 4 members (excludes halogenated alkanes) is 4. The molecule has 0 bridgehead atoms. The van der Waals surface area contributed by atoms with Gasteiger partial charge in [0.1, 0.15) is 0 Å². The second kappa shape index (κ2) is 15.3. The Morgan fingerprint density at radius 2 is 1.02 bits per heavy atom. The minimum Gasteiger partial charge on any atom is -0.358 e. The van der Waals surface area contributed by atoms with Crippen molar-refractivity contribution in [3.63, 3.8) is 0 Å². The second-order valence-corrected chi connectivity index (χ2v) is 12.0. The molecule has 3 heterocycles. The highest BCUT2D eigenvalue weighted by Crippen LogP contribution is 2.23. The highest BCUT2D eigenvalue weighted by molar-refractivity contribution is 5.59. The van der Waals surface area contributed by atoms with E-state index in [-0.39, 0.29) is 0 Å². The summed E-state index contributed by atoms with van der Waals surface area (Å²) >= 11 is 0. The molecule has 0 aliphatic carbocycles. The van der Waals surface area contributed by atoms with Crippen LogP contribution in [0.2, 0.25) is 0 Å². The Hall–Kier alpha value is -4.51. The standard InChI is InChI=1S/C39H45N5/c1(4-12-34-17-21-36(22-18-34)39-16-8-9-25-40-39)2-5-13-35-19-23-38(24-20-35)44-31-29-42(33-44)27-11-10-26-41-28-30-43(32-41)37-14-6-3-7-15-37/h3,6-9,14-25,28-31H,1-2,4-5,10-13,26-27,32-33H2. The summed E-state index contributed by atoms with van der Waals surface area (Å²) in [6.45, 7) is 4.09. The molecule has 1 aromatic heterocycles. The largest absolute Gasteiger partial charge is 0.358 e. The van der Waals surface area contributed by atoms with Gasteiger partial charge in [0.2, 0.25) is 0 Å². The van der Waals surface area contributed by atoms with Gasteiger partial charge in [0, 0.05) is 61.0 Å². The average Bonchev–Trinajstić information content (AvgIpc) is 3.77. The smallest absolute Gasteiger partial charge is 0.0941 e. The van der Waals surface area contributed by atoms with E-state index < -0.39 is 0 Å². The van der Waals surface area contributed by atoms with Gasteiger partial charge >= 0.3 is 0 Å². The van der Waals surface area contributed by atoms with Crippen molar-refractivity contribution in [3.05, 3.63) is 139 Å². The molecule has 226 valence electrons. The van der Waals surface area contributed by atoms with Gasteiger partial charge in [-0.25, -0.2) is 0 Å². The van der Waals surface area contributed by atoms with Crippen molar-refractivity contribution >= 4 is 11.4 Å². The lowest BCUT2D eigenvalue weighted by Gasteiger charge is -2.23. The van der Waals surface area contributed by atoms with Crippen molar-refractivity contribution in [2.45, 2.75) is 51.4 Å². The molecule has 0 N–H and O–H groups in total. The van der Waals surface area contributed by atoms with Crippen LogP contribution in [-0.4, -0.2) is 41.2 Å². The Kier molecular flexibility index (Phi) is 10.3. The first-order chi connectivity index (χ1) is 21.8. The van der Waals surface area contributed by atoms with E-state index in [0.717, 1.165) is 45.0 Å². The molecule has 44 heavy (non-hydrogen) atoms. The van der Waals surface area contributed by atoms with E-state index in [9.17, 15) is 0 Å². The number of hydrogen-bond acceptors (Lipinski definition) is 5. The van der Waals surface area contributed by atoms with E-state index in [1.165, 1.54) is 66.6 Å². The molecule has 0 saturated heterocycles. The topological polar surface area (TPSA) is 25.9 Å². The number of pyridine rings is 1. The Balaban J connectivity index is 0.819. The Morgan fingerprint density at radius 3 is 1.59 bits per heavy atom. The third-order valence-electron chi connectivity index (χ3n) is 8.67. The van der Waals surface area contributed by atoms with Crippen molar-refractivity contribution in [2.24, 2.45) is 0 Å². The van der Waals surface area contributed by atoms with Crippen LogP contribution in [0.25, 0.3) is 11.3 Å². The molecule has 2 aliphatic heterocycles. The maximum Gasteiger partial charge on any atom is 0.0941 e. The lowest BCUT2D eigenvalue weighted by atomic mass is 10.0. The number of nitrogens with zero attached hydrogens (tertiary/aromatic N) is 5. The third kappa shape index (κ3) is 8.31. The molecule has 0 fully saturated rings. The fourth-order valence-corrected chi connectivity index (χ4v) is 6.05. The van der Waals surface area contributed by atoms with Crippen LogP contribution in [0, 0.1) is 0 Å². The number of aryl methyl sites for hydroxylation is 2. The maximum absolute atomic E-state index is 4.45. The van der Waals surface area contributed by atoms with Crippen molar-refractivity contribution in [1.82, 2.24) is 14.8 Å². The zero-order valence-corrected chi connectivity index (χ0v) is 25.8. The molecule has 2 aliphatic rings.